The molecule has 0 N–H and O–H groups in total. The van der Waals surface area contributed by atoms with Gasteiger partial charge in [-0.05, 0) is 43.5 Å². The van der Waals surface area contributed by atoms with Crippen LogP contribution in [-0.4, -0.2) is 6.04 Å². The molecule has 3 nitrogen and oxygen atoms in total. The molecule has 0 amide bonds. The van der Waals surface area contributed by atoms with E-state index in [-0.39, 0.29) is 0 Å². The summed E-state index contributed by atoms with van der Waals surface area (Å²) in [5.41, 5.74) is 2.96. The van der Waals surface area contributed by atoms with Gasteiger partial charge in [0.25, 0.3) is 0 Å². The number of rotatable bonds is 4. The van der Waals surface area contributed by atoms with Crippen LogP contribution in [0.15, 0.2) is 41.0 Å². The number of aryl methyl sites for hydroxylation is 1. The molecule has 0 unspecified atom stereocenters. The van der Waals surface area contributed by atoms with E-state index >= 15 is 0 Å². The molecule has 19 heavy (non-hydrogen) atoms. The molecule has 0 saturated heterocycles. The van der Waals surface area contributed by atoms with Gasteiger partial charge in [0.15, 0.2) is 0 Å². The smallest absolute Gasteiger partial charge is 0.123 e. The fourth-order valence-electron chi connectivity index (χ4n) is 2.48. The third-order valence-corrected chi connectivity index (χ3v) is 3.54. The molecule has 2 aromatic rings. The highest BCUT2D eigenvalue weighted by atomic mass is 16.3. The molecule has 0 spiro atoms. The summed E-state index contributed by atoms with van der Waals surface area (Å²) in [4.78, 5) is 2.31. The number of hydrogen-bond donors (Lipinski definition) is 0. The van der Waals surface area contributed by atoms with E-state index in [1.807, 2.05) is 24.3 Å². The highest BCUT2D eigenvalue weighted by molar-refractivity contribution is 5.65. The van der Waals surface area contributed by atoms with Gasteiger partial charge in [-0.1, -0.05) is 12.1 Å². The molecule has 1 aliphatic carbocycles. The second kappa shape index (κ2) is 4.81. The van der Waals surface area contributed by atoms with Crippen LogP contribution in [0.2, 0.25) is 0 Å². The van der Waals surface area contributed by atoms with E-state index in [0.717, 1.165) is 29.1 Å². The number of nitrogens with zero attached hydrogens (tertiary/aromatic N) is 2. The van der Waals surface area contributed by atoms with Crippen LogP contribution in [0.4, 0.5) is 5.69 Å². The Morgan fingerprint density at radius 2 is 2.16 bits per heavy atom. The Kier molecular flexibility index (Phi) is 3.00. The Hall–Kier alpha value is -2.21. The number of hydrogen-bond acceptors (Lipinski definition) is 3. The first-order chi connectivity index (χ1) is 9.29. The van der Waals surface area contributed by atoms with Crippen LogP contribution < -0.4 is 4.90 Å². The predicted octanol–water partition coefficient (Wildman–Crippen LogP) is 3.63. The standard InChI is InChI=1S/C16H16N2O/c1-12-4-2-5-13(10-17)16(12)18(14-7-8-14)11-15-6-3-9-19-15/h2-6,9,14H,7-8,11H2,1H3. The van der Waals surface area contributed by atoms with Crippen molar-refractivity contribution in [2.75, 3.05) is 4.90 Å². The van der Waals surface area contributed by atoms with Gasteiger partial charge in [-0.25, -0.2) is 0 Å². The number of anilines is 1. The first-order valence-electron chi connectivity index (χ1n) is 6.58. The van der Waals surface area contributed by atoms with Crippen LogP contribution in [0.25, 0.3) is 0 Å². The Morgan fingerprint density at radius 3 is 2.79 bits per heavy atom. The molecule has 0 bridgehead atoms. The summed E-state index contributed by atoms with van der Waals surface area (Å²) in [5, 5.41) is 9.32. The van der Waals surface area contributed by atoms with Gasteiger partial charge in [0.05, 0.1) is 24.1 Å². The summed E-state index contributed by atoms with van der Waals surface area (Å²) in [6, 6.07) is 12.6. The van der Waals surface area contributed by atoms with E-state index in [1.54, 1.807) is 6.26 Å². The monoisotopic (exact) mass is 252 g/mol. The lowest BCUT2D eigenvalue weighted by Gasteiger charge is -2.26. The fraction of sp³-hybridized carbons (Fsp3) is 0.312. The zero-order valence-electron chi connectivity index (χ0n) is 11.0. The molecule has 1 heterocycles. The maximum absolute atomic E-state index is 9.32. The van der Waals surface area contributed by atoms with Gasteiger partial charge in [-0.2, -0.15) is 5.26 Å². The summed E-state index contributed by atoms with van der Waals surface area (Å²) >= 11 is 0. The number of furan rings is 1. The van der Waals surface area contributed by atoms with Crippen molar-refractivity contribution in [1.29, 1.82) is 5.26 Å². The van der Waals surface area contributed by atoms with Crippen LogP contribution in [0.1, 0.15) is 29.7 Å². The second-order valence-corrected chi connectivity index (χ2v) is 5.02. The lowest BCUT2D eigenvalue weighted by molar-refractivity contribution is 0.501. The van der Waals surface area contributed by atoms with Gasteiger partial charge in [-0.15, -0.1) is 0 Å². The molecule has 3 heteroatoms. The first kappa shape index (κ1) is 11.9. The Bertz CT molecular complexity index is 606. The van der Waals surface area contributed by atoms with Gasteiger partial charge >= 0.3 is 0 Å². The van der Waals surface area contributed by atoms with Gasteiger partial charge < -0.3 is 9.32 Å². The molecule has 0 radical (unpaired) electrons. The van der Waals surface area contributed by atoms with Gasteiger partial charge in [0, 0.05) is 6.04 Å². The van der Waals surface area contributed by atoms with Crippen molar-refractivity contribution in [3.05, 3.63) is 53.5 Å². The quantitative estimate of drug-likeness (QED) is 0.834. The molecule has 3 rings (SSSR count). The molecule has 96 valence electrons. The molecule has 1 saturated carbocycles. The Balaban J connectivity index is 1.99. The average Bonchev–Trinajstić information content (AvgIpc) is 3.14. The summed E-state index contributed by atoms with van der Waals surface area (Å²) in [6.45, 7) is 2.80. The summed E-state index contributed by atoms with van der Waals surface area (Å²) in [6.07, 6.45) is 4.09. The van der Waals surface area contributed by atoms with Gasteiger partial charge in [-0.3, -0.25) is 0 Å². The minimum Gasteiger partial charge on any atom is -0.467 e. The molecular formula is C16H16N2O. The van der Waals surface area contributed by atoms with Crippen molar-refractivity contribution in [1.82, 2.24) is 0 Å². The zero-order valence-corrected chi connectivity index (χ0v) is 11.0. The van der Waals surface area contributed by atoms with Crippen molar-refractivity contribution in [3.8, 4) is 6.07 Å². The largest absolute Gasteiger partial charge is 0.467 e. The maximum Gasteiger partial charge on any atom is 0.123 e. The highest BCUT2D eigenvalue weighted by Crippen LogP contribution is 2.36. The predicted molar refractivity (Wildman–Crippen MR) is 73.8 cm³/mol. The minimum atomic E-state index is 0.540. The van der Waals surface area contributed by atoms with Crippen molar-refractivity contribution in [3.63, 3.8) is 0 Å². The Morgan fingerprint density at radius 1 is 1.32 bits per heavy atom. The van der Waals surface area contributed by atoms with E-state index in [4.69, 9.17) is 4.42 Å². The minimum absolute atomic E-state index is 0.540. The SMILES string of the molecule is Cc1cccc(C#N)c1N(Cc1ccco1)C1CC1. The van der Waals surface area contributed by atoms with Gasteiger partial charge in [0.1, 0.15) is 11.8 Å². The molecule has 1 aromatic heterocycles. The van der Waals surface area contributed by atoms with Crippen molar-refractivity contribution in [2.45, 2.75) is 32.4 Å². The zero-order chi connectivity index (χ0) is 13.2. The normalized spacial score (nSPS) is 14.1. The van der Waals surface area contributed by atoms with Crippen molar-refractivity contribution >= 4 is 5.69 Å². The fourth-order valence-corrected chi connectivity index (χ4v) is 2.48. The van der Waals surface area contributed by atoms with E-state index in [9.17, 15) is 5.26 Å². The highest BCUT2D eigenvalue weighted by Gasteiger charge is 2.31. The summed E-state index contributed by atoms with van der Waals surface area (Å²) in [5.74, 6) is 0.944. The first-order valence-corrected chi connectivity index (χ1v) is 6.58. The van der Waals surface area contributed by atoms with Crippen molar-refractivity contribution in [2.24, 2.45) is 0 Å². The average molecular weight is 252 g/mol. The van der Waals surface area contributed by atoms with Crippen LogP contribution in [-0.2, 0) is 6.54 Å². The molecule has 1 aliphatic rings. The third kappa shape index (κ3) is 2.34. The topological polar surface area (TPSA) is 40.2 Å². The van der Waals surface area contributed by atoms with Crippen LogP contribution in [0.5, 0.6) is 0 Å². The van der Waals surface area contributed by atoms with Crippen LogP contribution in [0.3, 0.4) is 0 Å². The number of benzene rings is 1. The number of para-hydroxylation sites is 1. The molecule has 0 atom stereocenters. The van der Waals surface area contributed by atoms with Gasteiger partial charge in [0.2, 0.25) is 0 Å². The summed E-state index contributed by atoms with van der Waals surface area (Å²) in [7, 11) is 0. The van der Waals surface area contributed by atoms with E-state index < -0.39 is 0 Å². The lowest BCUT2D eigenvalue weighted by Crippen LogP contribution is -2.26. The maximum atomic E-state index is 9.32. The summed E-state index contributed by atoms with van der Waals surface area (Å²) < 4.78 is 5.45. The van der Waals surface area contributed by atoms with Crippen LogP contribution >= 0.6 is 0 Å². The number of nitriles is 1. The second-order valence-electron chi connectivity index (χ2n) is 5.02. The van der Waals surface area contributed by atoms with E-state index in [1.165, 1.54) is 12.8 Å². The van der Waals surface area contributed by atoms with E-state index in [0.29, 0.717) is 6.04 Å². The van der Waals surface area contributed by atoms with E-state index in [2.05, 4.69) is 24.0 Å². The molecule has 1 fully saturated rings. The third-order valence-electron chi connectivity index (χ3n) is 3.54. The molecule has 0 aliphatic heterocycles. The molecular weight excluding hydrogens is 236 g/mol. The lowest BCUT2D eigenvalue weighted by atomic mass is 10.1. The van der Waals surface area contributed by atoms with Crippen molar-refractivity contribution < 1.29 is 4.42 Å². The Labute approximate surface area is 113 Å². The van der Waals surface area contributed by atoms with Crippen LogP contribution in [0, 0.1) is 18.3 Å². The molecule has 1 aromatic carbocycles.